The second-order valence-electron chi connectivity index (χ2n) is 10.3. The second kappa shape index (κ2) is 23.7. The number of hydrogen-bond donors (Lipinski definition) is 8. The SMILES string of the molecule is CC(C)([S-])C([NH-])C(O)O.CC(C)([S-])C([NH-])C(O)O.CC(C)([S-])C([NH-])C(O)O.CC(C)([S-])C1[N-]C1(O)O.[Au].[Au].[Ni+2].[Ni+2]. The molecule has 0 aliphatic carbocycles. The molecule has 0 aromatic carbocycles. The fourth-order valence-corrected chi connectivity index (χ4v) is 2.43. The molecular formula is C20H42Au2N4Ni2O8S4-4. The molecule has 1 aliphatic heterocycles. The Hall–Kier alpha value is 3.39. The van der Waals surface area contributed by atoms with Crippen LogP contribution in [0.3, 0.4) is 0 Å². The Morgan fingerprint density at radius 3 is 0.725 bits per heavy atom. The van der Waals surface area contributed by atoms with Gasteiger partial charge in [0.25, 0.3) is 0 Å². The number of nitrogens with zero attached hydrogens (tertiary/aromatic N) is 1. The summed E-state index contributed by atoms with van der Waals surface area (Å²) in [6.45, 7) is 13.1. The van der Waals surface area contributed by atoms with Crippen molar-refractivity contribution in [3.05, 3.63) is 22.5 Å². The predicted molar refractivity (Wildman–Crippen MR) is 149 cm³/mol. The van der Waals surface area contributed by atoms with Crippen molar-refractivity contribution >= 4 is 50.5 Å². The van der Waals surface area contributed by atoms with Gasteiger partial charge in [0.15, 0.2) is 0 Å². The summed E-state index contributed by atoms with van der Waals surface area (Å²) >= 11 is 19.2. The summed E-state index contributed by atoms with van der Waals surface area (Å²) < 4.78 is -2.85. The Morgan fingerprint density at radius 1 is 0.575 bits per heavy atom. The summed E-state index contributed by atoms with van der Waals surface area (Å²) in [7, 11) is 0. The Balaban J connectivity index is -0.0000000703. The van der Waals surface area contributed by atoms with E-state index >= 15 is 0 Å². The Morgan fingerprint density at radius 2 is 0.725 bits per heavy atom. The Bertz CT molecular complexity index is 551. The summed E-state index contributed by atoms with van der Waals surface area (Å²) in [5.41, 5.74) is 21.2. The quantitative estimate of drug-likeness (QED) is 0.0717. The molecule has 0 saturated carbocycles. The zero-order chi connectivity index (χ0) is 30.2. The molecule has 1 heterocycles. The molecule has 40 heavy (non-hydrogen) atoms. The molecule has 0 spiro atoms. The number of aliphatic hydroxyl groups excluding tert-OH is 3. The first-order valence-corrected chi connectivity index (χ1v) is 12.2. The Kier molecular flexibility index (Phi) is 34.8. The van der Waals surface area contributed by atoms with E-state index in [4.69, 9.17) is 109 Å². The summed E-state index contributed by atoms with van der Waals surface area (Å²) in [6.07, 6.45) is -4.88. The third-order valence-electron chi connectivity index (χ3n) is 4.42. The first kappa shape index (κ1) is 58.9. The van der Waals surface area contributed by atoms with Gasteiger partial charge in [-0.3, -0.25) is 0 Å². The second-order valence-corrected chi connectivity index (χ2v) is 14.5. The van der Waals surface area contributed by atoms with Crippen molar-refractivity contribution in [2.24, 2.45) is 0 Å². The monoisotopic (exact) mass is 1100 g/mol. The zero-order valence-corrected chi connectivity index (χ0v) is 32.5. The molecule has 1 rings (SSSR count). The van der Waals surface area contributed by atoms with E-state index in [9.17, 15) is 0 Å². The smallest absolute Gasteiger partial charge is 0.788 e. The summed E-state index contributed by atoms with van der Waals surface area (Å²) in [5.74, 6) is -1.83. The van der Waals surface area contributed by atoms with Crippen LogP contribution >= 0.6 is 0 Å². The molecule has 2 radical (unpaired) electrons. The summed E-state index contributed by atoms with van der Waals surface area (Å²) in [4.78, 5) is 0. The first-order chi connectivity index (χ1) is 15.4. The van der Waals surface area contributed by atoms with Crippen molar-refractivity contribution < 1.29 is 119 Å². The van der Waals surface area contributed by atoms with Crippen LogP contribution in [0.25, 0.3) is 22.5 Å². The van der Waals surface area contributed by atoms with Crippen LogP contribution in [-0.2, 0) is 128 Å². The average molecular weight is 1110 g/mol. The van der Waals surface area contributed by atoms with Gasteiger partial charge in [0.1, 0.15) is 18.9 Å². The van der Waals surface area contributed by atoms with Gasteiger partial charge in [0, 0.05) is 44.8 Å². The van der Waals surface area contributed by atoms with E-state index in [1.165, 1.54) is 0 Å². The van der Waals surface area contributed by atoms with Crippen molar-refractivity contribution in [3.8, 4) is 0 Å². The maximum absolute atomic E-state index is 8.75. The van der Waals surface area contributed by atoms with Crippen molar-refractivity contribution in [1.82, 2.24) is 0 Å². The predicted octanol–water partition coefficient (Wildman–Crippen LogP) is -0.174. The van der Waals surface area contributed by atoms with E-state index in [2.05, 4.69) is 5.32 Å². The van der Waals surface area contributed by atoms with Crippen LogP contribution in [0.1, 0.15) is 55.4 Å². The van der Waals surface area contributed by atoms with Gasteiger partial charge in [-0.25, -0.2) is 0 Å². The molecule has 0 bridgehead atoms. The van der Waals surface area contributed by atoms with Crippen molar-refractivity contribution in [1.29, 1.82) is 0 Å². The van der Waals surface area contributed by atoms with E-state index < -0.39 is 67.9 Å². The van der Waals surface area contributed by atoms with Gasteiger partial charge in [0.05, 0.1) is 5.91 Å². The summed E-state index contributed by atoms with van der Waals surface area (Å²) in [5, 5.41) is 71.7. The zero-order valence-electron chi connectivity index (χ0n) is 22.9. The van der Waals surface area contributed by atoms with E-state index in [0.29, 0.717) is 0 Å². The van der Waals surface area contributed by atoms with Gasteiger partial charge in [-0.15, -0.1) is 24.2 Å². The molecule has 4 unspecified atom stereocenters. The maximum atomic E-state index is 8.75. The largest absolute Gasteiger partial charge is 2.00 e. The normalized spacial score (nSPS) is 18.3. The molecule has 20 heteroatoms. The van der Waals surface area contributed by atoms with E-state index in [1.54, 1.807) is 55.4 Å². The van der Waals surface area contributed by atoms with Crippen LogP contribution in [0.5, 0.6) is 0 Å². The molecule has 11 N–H and O–H groups in total. The maximum Gasteiger partial charge on any atom is 2.00 e. The number of hydrogen-bond acceptors (Lipinski definition) is 12. The fourth-order valence-electron chi connectivity index (χ4n) is 1.85. The van der Waals surface area contributed by atoms with Crippen molar-refractivity contribution in [2.75, 3.05) is 0 Å². The minimum atomic E-state index is -1.83. The van der Waals surface area contributed by atoms with Gasteiger partial charge in [-0.05, 0) is 0 Å². The molecule has 0 aromatic heterocycles. The van der Waals surface area contributed by atoms with E-state index in [0.717, 1.165) is 0 Å². The van der Waals surface area contributed by atoms with Crippen molar-refractivity contribution in [2.45, 2.75) is 123 Å². The van der Waals surface area contributed by atoms with E-state index in [-0.39, 0.29) is 77.7 Å². The number of rotatable bonds is 7. The Labute approximate surface area is 312 Å². The van der Waals surface area contributed by atoms with Crippen LogP contribution in [0, 0.1) is 0 Å². The summed E-state index contributed by atoms with van der Waals surface area (Å²) in [6, 6.07) is -3.51. The topological polar surface area (TPSA) is 247 Å². The molecule has 0 amide bonds. The van der Waals surface area contributed by atoms with Crippen LogP contribution in [0.2, 0.25) is 0 Å². The first-order valence-electron chi connectivity index (χ1n) is 10.6. The van der Waals surface area contributed by atoms with Gasteiger partial charge >= 0.3 is 33.0 Å². The standard InChI is InChI=1S/C5H10NO2S.3C5H12NO2S.2Au.2Ni/c1-4(2,9)3-5(7,8)6-3;3*1-5(2,9)3(6)4(7)8;;;;/h3,7-9H,1-2H3;3*3-4,6-9H,1-2H3;;;;/q4*-1;;;2*+2/p-4. The van der Waals surface area contributed by atoms with Gasteiger partial charge in [-0.1, -0.05) is 55.4 Å². The van der Waals surface area contributed by atoms with Crippen LogP contribution < -0.4 is 0 Å². The minimum absolute atomic E-state index is 0. The van der Waals surface area contributed by atoms with Gasteiger partial charge in [0.2, 0.25) is 0 Å². The van der Waals surface area contributed by atoms with Gasteiger partial charge in [-0.2, -0.15) is 19.0 Å². The molecule has 1 aliphatic rings. The van der Waals surface area contributed by atoms with Crippen LogP contribution in [-0.4, -0.2) is 109 Å². The van der Waals surface area contributed by atoms with Crippen molar-refractivity contribution in [3.63, 3.8) is 0 Å². The van der Waals surface area contributed by atoms with Crippen LogP contribution in [0.15, 0.2) is 0 Å². The molecule has 4 atom stereocenters. The van der Waals surface area contributed by atoms with E-state index in [1.807, 2.05) is 0 Å². The molecule has 260 valence electrons. The molecule has 1 fully saturated rings. The number of aliphatic hydroxyl groups is 8. The third-order valence-corrected chi connectivity index (χ3v) is 5.40. The molecular weight excluding hydrogens is 1060 g/mol. The molecule has 0 aromatic rings. The number of nitrogens with one attached hydrogen (secondary N) is 3. The molecule has 1 saturated heterocycles. The average Bonchev–Trinajstić information content (AvgIpc) is 3.28. The third kappa shape index (κ3) is 28.8. The minimum Gasteiger partial charge on any atom is -0.788 e. The van der Waals surface area contributed by atoms with Crippen LogP contribution in [0.4, 0.5) is 0 Å². The van der Waals surface area contributed by atoms with Gasteiger partial charge < -0.3 is 114 Å². The fraction of sp³-hybridized carbons (Fsp3) is 1.00. The molecule has 12 nitrogen and oxygen atoms in total.